The Bertz CT molecular complexity index is 789. The summed E-state index contributed by atoms with van der Waals surface area (Å²) in [6, 6.07) is 20.6. The fourth-order valence-electron chi connectivity index (χ4n) is 2.98. The molecule has 0 heterocycles. The standard InChI is InChI=1S/C18H28NOS.C10H14N.Mn/c1-6-11-17(19-21(20)18(3,4)5)16(7-2)14-15-12-9-8-10-13-15;1-2-3-9-11-10-7-5-4-6-8-10;/h8-13,16H,6-7,14H2,1-5H3;4-8H,2-3,9H2,1H3;/q2*-1;+2/b17-11-;;. The number of nitrogens with zero attached hydrogens (tertiary/aromatic N) is 2. The van der Waals surface area contributed by atoms with Gasteiger partial charge in [-0.15, -0.1) is 18.3 Å². The van der Waals surface area contributed by atoms with E-state index < -0.39 is 11.0 Å². The van der Waals surface area contributed by atoms with E-state index in [2.05, 4.69) is 61.2 Å². The molecule has 2 aromatic rings. The van der Waals surface area contributed by atoms with Crippen molar-refractivity contribution in [3.05, 3.63) is 88.0 Å². The molecule has 0 fully saturated rings. The van der Waals surface area contributed by atoms with Crippen LogP contribution >= 0.6 is 0 Å². The minimum absolute atomic E-state index is 0. The van der Waals surface area contributed by atoms with E-state index in [1.54, 1.807) is 0 Å². The summed E-state index contributed by atoms with van der Waals surface area (Å²) in [4.78, 5) is 0. The summed E-state index contributed by atoms with van der Waals surface area (Å²) in [5, 5.41) is 4.40. The Balaban J connectivity index is 0.000000720. The topological polar surface area (TPSA) is 45.3 Å². The molecule has 0 aliphatic carbocycles. The van der Waals surface area contributed by atoms with Crippen LogP contribution < -0.4 is 0 Å². The van der Waals surface area contributed by atoms with Gasteiger partial charge in [-0.25, -0.2) is 0 Å². The van der Waals surface area contributed by atoms with Crippen LogP contribution in [-0.4, -0.2) is 15.5 Å². The minimum Gasteiger partial charge on any atom is -0.684 e. The van der Waals surface area contributed by atoms with E-state index in [1.165, 1.54) is 18.4 Å². The molecule has 33 heavy (non-hydrogen) atoms. The summed E-state index contributed by atoms with van der Waals surface area (Å²) in [5.41, 5.74) is 3.40. The molecule has 1 radical (unpaired) electrons. The van der Waals surface area contributed by atoms with Crippen molar-refractivity contribution in [1.82, 2.24) is 0 Å². The number of unbranched alkanes of at least 4 members (excludes halogenated alkanes) is 1. The van der Waals surface area contributed by atoms with Crippen LogP contribution in [0.1, 0.15) is 72.8 Å². The van der Waals surface area contributed by atoms with Crippen LogP contribution in [0.25, 0.3) is 10.0 Å². The second-order valence-corrected chi connectivity index (χ2v) is 10.8. The average Bonchev–Trinajstić information content (AvgIpc) is 2.78. The molecule has 5 heteroatoms. The molecule has 0 spiro atoms. The van der Waals surface area contributed by atoms with Crippen molar-refractivity contribution >= 4 is 16.7 Å². The number of rotatable bonds is 11. The van der Waals surface area contributed by atoms with Gasteiger partial charge in [0, 0.05) is 4.75 Å². The number of benzene rings is 2. The molecule has 2 rings (SSSR count). The van der Waals surface area contributed by atoms with Crippen LogP contribution in [0.4, 0.5) is 5.69 Å². The van der Waals surface area contributed by atoms with E-state index in [9.17, 15) is 4.21 Å². The first-order valence-electron chi connectivity index (χ1n) is 11.9. The van der Waals surface area contributed by atoms with Gasteiger partial charge in [0.05, 0.1) is 0 Å². The molecule has 2 aromatic carbocycles. The van der Waals surface area contributed by atoms with E-state index in [1.807, 2.05) is 57.2 Å². The Morgan fingerprint density at radius 2 is 1.55 bits per heavy atom. The van der Waals surface area contributed by atoms with Crippen LogP contribution in [-0.2, 0) is 34.5 Å². The van der Waals surface area contributed by atoms with Crippen LogP contribution in [0.5, 0.6) is 0 Å². The zero-order valence-electron chi connectivity index (χ0n) is 21.3. The van der Waals surface area contributed by atoms with Crippen molar-refractivity contribution in [1.29, 1.82) is 0 Å². The van der Waals surface area contributed by atoms with Crippen LogP contribution in [0.3, 0.4) is 0 Å². The Kier molecular flexibility index (Phi) is 17.0. The van der Waals surface area contributed by atoms with Crippen molar-refractivity contribution < 1.29 is 21.3 Å². The zero-order valence-corrected chi connectivity index (χ0v) is 23.3. The molecular weight excluding hydrogens is 467 g/mol. The second kappa shape index (κ2) is 17.9. The number of hydrogen-bond acceptors (Lipinski definition) is 1. The summed E-state index contributed by atoms with van der Waals surface area (Å²) in [6.45, 7) is 13.3. The average molecular weight is 510 g/mol. The molecule has 0 aromatic heterocycles. The maximum absolute atomic E-state index is 12.3. The third-order valence-electron chi connectivity index (χ3n) is 4.92. The Labute approximate surface area is 216 Å². The van der Waals surface area contributed by atoms with E-state index >= 15 is 0 Å². The predicted molar refractivity (Wildman–Crippen MR) is 143 cm³/mol. The van der Waals surface area contributed by atoms with E-state index in [4.69, 9.17) is 0 Å². The van der Waals surface area contributed by atoms with Crippen molar-refractivity contribution in [3.63, 3.8) is 0 Å². The Morgan fingerprint density at radius 3 is 2.03 bits per heavy atom. The van der Waals surface area contributed by atoms with E-state index in [-0.39, 0.29) is 21.8 Å². The SMILES string of the molecule is CC/C=C(\[N-]S(=O)C(C)(C)C)C(CC)Cc1ccccc1.CCCC[N-]c1ccccc1.[Mn+2]. The summed E-state index contributed by atoms with van der Waals surface area (Å²) in [6.07, 6.45) is 7.41. The van der Waals surface area contributed by atoms with Gasteiger partial charge in [-0.1, -0.05) is 112 Å². The predicted octanol–water partition coefficient (Wildman–Crippen LogP) is 8.87. The van der Waals surface area contributed by atoms with Gasteiger partial charge in [-0.2, -0.15) is 5.70 Å². The van der Waals surface area contributed by atoms with Gasteiger partial charge in [-0.05, 0) is 45.1 Å². The zero-order chi connectivity index (χ0) is 23.8. The third kappa shape index (κ3) is 13.7. The molecule has 3 nitrogen and oxygen atoms in total. The third-order valence-corrected chi connectivity index (χ3v) is 6.35. The molecule has 0 amide bonds. The largest absolute Gasteiger partial charge is 2.00 e. The molecule has 2 unspecified atom stereocenters. The molecule has 0 N–H and O–H groups in total. The van der Waals surface area contributed by atoms with E-state index in [0.717, 1.165) is 37.2 Å². The summed E-state index contributed by atoms with van der Waals surface area (Å²) >= 11 is 0. The van der Waals surface area contributed by atoms with Crippen LogP contribution in [0.2, 0.25) is 0 Å². The van der Waals surface area contributed by atoms with Gasteiger partial charge < -0.3 is 10.0 Å². The molecular formula is C28H42MnN2OS. The summed E-state index contributed by atoms with van der Waals surface area (Å²) < 4.78 is 16.6. The van der Waals surface area contributed by atoms with Gasteiger partial charge in [0.25, 0.3) is 0 Å². The first kappa shape index (κ1) is 31.4. The van der Waals surface area contributed by atoms with Crippen molar-refractivity contribution in [2.45, 2.75) is 78.4 Å². The van der Waals surface area contributed by atoms with Crippen molar-refractivity contribution in [2.75, 3.05) is 6.54 Å². The first-order chi connectivity index (χ1) is 15.3. The molecule has 0 aliphatic heterocycles. The summed E-state index contributed by atoms with van der Waals surface area (Å²) in [7, 11) is -1.19. The number of allylic oxidation sites excluding steroid dienone is 2. The van der Waals surface area contributed by atoms with Crippen molar-refractivity contribution in [3.8, 4) is 0 Å². The fourth-order valence-corrected chi connectivity index (χ4v) is 3.67. The number of para-hydroxylation sites is 1. The van der Waals surface area contributed by atoms with Crippen molar-refractivity contribution in [2.24, 2.45) is 5.92 Å². The first-order valence-corrected chi connectivity index (χ1v) is 13.0. The summed E-state index contributed by atoms with van der Waals surface area (Å²) in [5.74, 6) is 0.332. The maximum Gasteiger partial charge on any atom is 2.00 e. The Hall–Kier alpha value is -1.55. The van der Waals surface area contributed by atoms with Crippen LogP contribution in [0.15, 0.2) is 72.4 Å². The molecule has 183 valence electrons. The minimum atomic E-state index is -1.19. The Morgan fingerprint density at radius 1 is 0.970 bits per heavy atom. The number of hydrogen-bond donors (Lipinski definition) is 0. The van der Waals surface area contributed by atoms with Crippen LogP contribution in [0, 0.1) is 5.92 Å². The second-order valence-electron chi connectivity index (χ2n) is 8.86. The monoisotopic (exact) mass is 509 g/mol. The molecule has 0 saturated heterocycles. The normalized spacial score (nSPS) is 13.1. The maximum atomic E-state index is 12.3. The molecule has 0 saturated carbocycles. The molecule has 0 bridgehead atoms. The van der Waals surface area contributed by atoms with Gasteiger partial charge in [0.1, 0.15) is 0 Å². The fraction of sp³-hybridized carbons (Fsp3) is 0.500. The smallest absolute Gasteiger partial charge is 0.684 e. The van der Waals surface area contributed by atoms with Gasteiger partial charge in [-0.3, -0.25) is 4.21 Å². The van der Waals surface area contributed by atoms with Gasteiger partial charge in [0.2, 0.25) is 0 Å². The molecule has 0 aliphatic rings. The molecule has 2 atom stereocenters. The quantitative estimate of drug-likeness (QED) is 0.220. The van der Waals surface area contributed by atoms with E-state index in [0.29, 0.717) is 5.92 Å². The van der Waals surface area contributed by atoms with Gasteiger partial charge >= 0.3 is 17.1 Å². The van der Waals surface area contributed by atoms with Gasteiger partial charge in [0.15, 0.2) is 0 Å².